The second-order valence-electron chi connectivity index (χ2n) is 3.99. The van der Waals surface area contributed by atoms with Gasteiger partial charge in [0.1, 0.15) is 6.10 Å². The molecule has 0 spiro atoms. The van der Waals surface area contributed by atoms with Gasteiger partial charge in [0.05, 0.1) is 0 Å². The molecule has 1 atom stereocenters. The van der Waals surface area contributed by atoms with E-state index in [1.54, 1.807) is 12.1 Å². The zero-order valence-electron chi connectivity index (χ0n) is 9.32. The van der Waals surface area contributed by atoms with Crippen LogP contribution >= 0.6 is 0 Å². The second kappa shape index (κ2) is 4.63. The average molecular weight is 234 g/mol. The Bertz CT molecular complexity index is 520. The highest BCUT2D eigenvalue weighted by atomic mass is 19.2. The van der Waals surface area contributed by atoms with Crippen LogP contribution in [0.2, 0.25) is 0 Å². The van der Waals surface area contributed by atoms with E-state index in [0.29, 0.717) is 11.1 Å². The summed E-state index contributed by atoms with van der Waals surface area (Å²) in [4.78, 5) is 0. The number of halogens is 2. The average Bonchev–Trinajstić information content (AvgIpc) is 2.33. The molecule has 0 saturated carbocycles. The van der Waals surface area contributed by atoms with Crippen LogP contribution in [-0.4, -0.2) is 5.11 Å². The first-order valence-corrected chi connectivity index (χ1v) is 5.27. The molecule has 1 unspecified atom stereocenters. The molecule has 1 N–H and O–H groups in total. The van der Waals surface area contributed by atoms with Crippen molar-refractivity contribution in [3.8, 4) is 0 Å². The summed E-state index contributed by atoms with van der Waals surface area (Å²) in [6.07, 6.45) is -0.939. The van der Waals surface area contributed by atoms with Gasteiger partial charge in [-0.25, -0.2) is 8.78 Å². The maximum Gasteiger partial charge on any atom is 0.159 e. The number of aliphatic hydroxyl groups excluding tert-OH is 1. The van der Waals surface area contributed by atoms with Crippen LogP contribution in [0, 0.1) is 18.6 Å². The minimum absolute atomic E-state index is 0.341. The van der Waals surface area contributed by atoms with Crippen LogP contribution in [0.4, 0.5) is 8.78 Å². The molecular formula is C14H12F2O. The van der Waals surface area contributed by atoms with Crippen molar-refractivity contribution in [1.29, 1.82) is 0 Å². The molecule has 3 heteroatoms. The van der Waals surface area contributed by atoms with Crippen molar-refractivity contribution >= 4 is 0 Å². The number of benzene rings is 2. The minimum Gasteiger partial charge on any atom is -0.384 e. The fraction of sp³-hybridized carbons (Fsp3) is 0.143. The number of aryl methyl sites for hydroxylation is 1. The van der Waals surface area contributed by atoms with E-state index < -0.39 is 17.7 Å². The second-order valence-corrected chi connectivity index (χ2v) is 3.99. The summed E-state index contributed by atoms with van der Waals surface area (Å²) in [6, 6.07) is 10.7. The van der Waals surface area contributed by atoms with E-state index >= 15 is 0 Å². The summed E-state index contributed by atoms with van der Waals surface area (Å²) in [5.41, 5.74) is 2.07. The van der Waals surface area contributed by atoms with Crippen LogP contribution in [0.1, 0.15) is 22.8 Å². The summed E-state index contributed by atoms with van der Waals surface area (Å²) in [6.45, 7) is 1.94. The van der Waals surface area contributed by atoms with Crippen molar-refractivity contribution in [1.82, 2.24) is 0 Å². The lowest BCUT2D eigenvalue weighted by Gasteiger charge is -2.11. The summed E-state index contributed by atoms with van der Waals surface area (Å²) in [7, 11) is 0. The van der Waals surface area contributed by atoms with E-state index in [-0.39, 0.29) is 0 Å². The predicted molar refractivity (Wildman–Crippen MR) is 61.6 cm³/mol. The number of hydrogen-bond acceptors (Lipinski definition) is 1. The van der Waals surface area contributed by atoms with Crippen LogP contribution in [0.15, 0.2) is 42.5 Å². The lowest BCUT2D eigenvalue weighted by atomic mass is 10.0. The van der Waals surface area contributed by atoms with Crippen LogP contribution in [0.5, 0.6) is 0 Å². The number of aliphatic hydroxyl groups is 1. The van der Waals surface area contributed by atoms with Crippen molar-refractivity contribution < 1.29 is 13.9 Å². The molecule has 0 bridgehead atoms. The number of rotatable bonds is 2. The lowest BCUT2D eigenvalue weighted by Crippen LogP contribution is -2.01. The van der Waals surface area contributed by atoms with Gasteiger partial charge >= 0.3 is 0 Å². The van der Waals surface area contributed by atoms with Gasteiger partial charge in [-0.2, -0.15) is 0 Å². The molecule has 88 valence electrons. The number of hydrogen-bond donors (Lipinski definition) is 1. The van der Waals surface area contributed by atoms with Crippen molar-refractivity contribution in [2.24, 2.45) is 0 Å². The van der Waals surface area contributed by atoms with Gasteiger partial charge in [-0.3, -0.25) is 0 Å². The van der Waals surface area contributed by atoms with E-state index in [4.69, 9.17) is 0 Å². The Balaban J connectivity index is 2.33. The molecule has 0 saturated heterocycles. The molecule has 2 rings (SSSR count). The predicted octanol–water partition coefficient (Wildman–Crippen LogP) is 3.35. The van der Waals surface area contributed by atoms with Crippen molar-refractivity contribution in [3.63, 3.8) is 0 Å². The standard InChI is InChI=1S/C14H12F2O/c1-9-2-4-10(5-3-9)14(17)11-6-7-12(15)13(16)8-11/h2-8,14,17H,1H3. The van der Waals surface area contributed by atoms with Gasteiger partial charge in [0.2, 0.25) is 0 Å². The van der Waals surface area contributed by atoms with E-state index in [1.807, 2.05) is 19.1 Å². The quantitative estimate of drug-likeness (QED) is 0.844. The zero-order chi connectivity index (χ0) is 12.4. The van der Waals surface area contributed by atoms with E-state index in [0.717, 1.165) is 17.7 Å². The van der Waals surface area contributed by atoms with E-state index in [1.165, 1.54) is 6.07 Å². The van der Waals surface area contributed by atoms with Crippen molar-refractivity contribution in [2.45, 2.75) is 13.0 Å². The fourth-order valence-corrected chi connectivity index (χ4v) is 1.62. The SMILES string of the molecule is Cc1ccc(C(O)c2ccc(F)c(F)c2)cc1. The molecule has 0 aromatic heterocycles. The van der Waals surface area contributed by atoms with Crippen LogP contribution in [0.25, 0.3) is 0 Å². The first kappa shape index (κ1) is 11.7. The van der Waals surface area contributed by atoms with Crippen LogP contribution in [0.3, 0.4) is 0 Å². The van der Waals surface area contributed by atoms with Crippen molar-refractivity contribution in [3.05, 3.63) is 70.8 Å². The minimum atomic E-state index is -0.950. The highest BCUT2D eigenvalue weighted by Gasteiger charge is 2.12. The summed E-state index contributed by atoms with van der Waals surface area (Å²) in [5.74, 6) is -1.86. The fourth-order valence-electron chi connectivity index (χ4n) is 1.62. The molecule has 0 radical (unpaired) electrons. The molecular weight excluding hydrogens is 222 g/mol. The van der Waals surface area contributed by atoms with Gasteiger partial charge in [-0.1, -0.05) is 35.9 Å². The maximum absolute atomic E-state index is 13.0. The smallest absolute Gasteiger partial charge is 0.159 e. The molecule has 0 amide bonds. The molecule has 0 aliphatic carbocycles. The molecule has 0 heterocycles. The lowest BCUT2D eigenvalue weighted by molar-refractivity contribution is 0.219. The van der Waals surface area contributed by atoms with E-state index in [9.17, 15) is 13.9 Å². The third kappa shape index (κ3) is 2.50. The molecule has 2 aromatic carbocycles. The maximum atomic E-state index is 13.0. The van der Waals surface area contributed by atoms with Gasteiger partial charge in [-0.05, 0) is 30.2 Å². The summed E-state index contributed by atoms with van der Waals surface area (Å²) >= 11 is 0. The highest BCUT2D eigenvalue weighted by molar-refractivity contribution is 5.32. The van der Waals surface area contributed by atoms with Crippen LogP contribution in [-0.2, 0) is 0 Å². The van der Waals surface area contributed by atoms with Gasteiger partial charge in [-0.15, -0.1) is 0 Å². The Morgan fingerprint density at radius 2 is 1.47 bits per heavy atom. The Morgan fingerprint density at radius 1 is 0.882 bits per heavy atom. The third-order valence-electron chi connectivity index (χ3n) is 2.65. The molecule has 2 aromatic rings. The Morgan fingerprint density at radius 3 is 2.06 bits per heavy atom. The van der Waals surface area contributed by atoms with E-state index in [2.05, 4.69) is 0 Å². The zero-order valence-corrected chi connectivity index (χ0v) is 9.32. The largest absolute Gasteiger partial charge is 0.384 e. The Hall–Kier alpha value is -1.74. The first-order valence-electron chi connectivity index (χ1n) is 5.27. The topological polar surface area (TPSA) is 20.2 Å². The Labute approximate surface area is 98.3 Å². The third-order valence-corrected chi connectivity index (χ3v) is 2.65. The van der Waals surface area contributed by atoms with Gasteiger partial charge in [0.15, 0.2) is 11.6 Å². The van der Waals surface area contributed by atoms with Gasteiger partial charge in [0.25, 0.3) is 0 Å². The molecule has 0 aliphatic heterocycles. The van der Waals surface area contributed by atoms with Gasteiger partial charge < -0.3 is 5.11 Å². The van der Waals surface area contributed by atoms with Gasteiger partial charge in [0, 0.05) is 0 Å². The summed E-state index contributed by atoms with van der Waals surface area (Å²) in [5, 5.41) is 10.0. The van der Waals surface area contributed by atoms with Crippen molar-refractivity contribution in [2.75, 3.05) is 0 Å². The normalized spacial score (nSPS) is 12.5. The monoisotopic (exact) mass is 234 g/mol. The Kier molecular flexibility index (Phi) is 3.20. The first-order chi connectivity index (χ1) is 8.08. The molecule has 1 nitrogen and oxygen atoms in total. The summed E-state index contributed by atoms with van der Waals surface area (Å²) < 4.78 is 25.8. The molecule has 17 heavy (non-hydrogen) atoms. The highest BCUT2D eigenvalue weighted by Crippen LogP contribution is 2.23. The van der Waals surface area contributed by atoms with Crippen LogP contribution < -0.4 is 0 Å². The molecule has 0 fully saturated rings. The molecule has 0 aliphatic rings.